The number of hydrogen-bond acceptors (Lipinski definition) is 6. The van der Waals surface area contributed by atoms with Crippen LogP contribution in [0.15, 0.2) is 33.5 Å². The van der Waals surface area contributed by atoms with Crippen molar-refractivity contribution in [3.8, 4) is 27.9 Å². The van der Waals surface area contributed by atoms with E-state index in [1.807, 2.05) is 18.2 Å². The summed E-state index contributed by atoms with van der Waals surface area (Å²) in [6, 6.07) is 5.95. The number of nitrogens with zero attached hydrogens (tertiary/aromatic N) is 3. The van der Waals surface area contributed by atoms with Gasteiger partial charge in [-0.3, -0.25) is 0 Å². The van der Waals surface area contributed by atoms with E-state index in [0.717, 1.165) is 32.9 Å². The van der Waals surface area contributed by atoms with E-state index < -0.39 is 0 Å². The van der Waals surface area contributed by atoms with Crippen LogP contribution in [0.1, 0.15) is 4.88 Å². The molecular weight excluding hydrogens is 342 g/mol. The maximum atomic E-state index is 5.77. The summed E-state index contributed by atoms with van der Waals surface area (Å²) in [7, 11) is 0. The van der Waals surface area contributed by atoms with Crippen LogP contribution < -0.4 is 4.74 Å². The molecule has 7 heteroatoms. The van der Waals surface area contributed by atoms with Gasteiger partial charge in [-0.25, -0.2) is 4.98 Å². The van der Waals surface area contributed by atoms with Crippen LogP contribution in [0.25, 0.3) is 22.2 Å². The molecule has 0 saturated heterocycles. The summed E-state index contributed by atoms with van der Waals surface area (Å²) < 4.78 is 12.0. The molecule has 1 aromatic carbocycles. The second-order valence-corrected chi connectivity index (χ2v) is 6.27. The molecule has 4 rings (SSSR count). The first kappa shape index (κ1) is 12.0. The van der Waals surface area contributed by atoms with Crippen molar-refractivity contribution in [1.29, 1.82) is 0 Å². The molecule has 0 bridgehead atoms. The number of fused-ring (bicyclic) bond motifs is 3. The summed E-state index contributed by atoms with van der Waals surface area (Å²) in [6.07, 6.45) is 2.14. The Morgan fingerprint density at radius 1 is 1.30 bits per heavy atom. The molecule has 0 amide bonds. The molecular formula is C13H8BrN3O2S. The van der Waals surface area contributed by atoms with Crippen LogP contribution in [0.5, 0.6) is 5.75 Å². The number of rotatable bonds is 1. The topological polar surface area (TPSA) is 61.0 Å². The SMILES string of the molecule is Brc1ccc2c(c1)-c1nc(-c3nnco3)sc1CCO2. The largest absolute Gasteiger partial charge is 0.493 e. The van der Waals surface area contributed by atoms with Crippen LogP contribution in [-0.2, 0) is 6.42 Å². The minimum Gasteiger partial charge on any atom is -0.493 e. The van der Waals surface area contributed by atoms with Crippen molar-refractivity contribution in [2.45, 2.75) is 6.42 Å². The quantitative estimate of drug-likeness (QED) is 0.672. The molecule has 0 fully saturated rings. The number of aromatic nitrogens is 3. The van der Waals surface area contributed by atoms with Crippen molar-refractivity contribution in [2.75, 3.05) is 6.61 Å². The second kappa shape index (κ2) is 4.68. The second-order valence-electron chi connectivity index (χ2n) is 4.27. The van der Waals surface area contributed by atoms with E-state index in [-0.39, 0.29) is 0 Å². The van der Waals surface area contributed by atoms with Crippen LogP contribution in [0.2, 0.25) is 0 Å². The Balaban J connectivity index is 1.91. The van der Waals surface area contributed by atoms with Crippen molar-refractivity contribution >= 4 is 27.3 Å². The van der Waals surface area contributed by atoms with Crippen LogP contribution in [0.3, 0.4) is 0 Å². The predicted molar refractivity (Wildman–Crippen MR) is 77.7 cm³/mol. The van der Waals surface area contributed by atoms with Gasteiger partial charge in [-0.05, 0) is 18.2 Å². The maximum absolute atomic E-state index is 5.77. The Morgan fingerprint density at radius 3 is 3.10 bits per heavy atom. The van der Waals surface area contributed by atoms with Crippen LogP contribution >= 0.6 is 27.3 Å². The Kier molecular flexibility index (Phi) is 2.82. The monoisotopic (exact) mass is 349 g/mol. The molecule has 0 saturated carbocycles. The molecule has 3 heterocycles. The lowest BCUT2D eigenvalue weighted by Gasteiger charge is -2.06. The molecule has 2 aromatic heterocycles. The molecule has 0 spiro atoms. The third-order valence-electron chi connectivity index (χ3n) is 3.02. The highest BCUT2D eigenvalue weighted by molar-refractivity contribution is 9.10. The fraction of sp³-hybridized carbons (Fsp3) is 0.154. The molecule has 0 N–H and O–H groups in total. The van der Waals surface area contributed by atoms with Gasteiger partial charge in [0.1, 0.15) is 5.75 Å². The number of ether oxygens (including phenoxy) is 1. The molecule has 0 radical (unpaired) electrons. The van der Waals surface area contributed by atoms with Gasteiger partial charge in [-0.2, -0.15) is 0 Å². The van der Waals surface area contributed by atoms with E-state index >= 15 is 0 Å². The van der Waals surface area contributed by atoms with Gasteiger partial charge >= 0.3 is 0 Å². The van der Waals surface area contributed by atoms with Gasteiger partial charge in [0.25, 0.3) is 5.89 Å². The summed E-state index contributed by atoms with van der Waals surface area (Å²) >= 11 is 5.07. The lowest BCUT2D eigenvalue weighted by Crippen LogP contribution is -1.97. The Hall–Kier alpha value is -1.73. The molecule has 0 aliphatic carbocycles. The number of halogens is 1. The predicted octanol–water partition coefficient (Wildman–Crippen LogP) is 3.56. The molecule has 3 aromatic rings. The first-order valence-electron chi connectivity index (χ1n) is 6.00. The van der Waals surface area contributed by atoms with Crippen LogP contribution in [0, 0.1) is 0 Å². The standard InChI is InChI=1S/C13H8BrN3O2S/c14-7-1-2-9-8(5-7)11-10(3-4-18-9)20-13(16-11)12-17-15-6-19-12/h1-2,5-6H,3-4H2. The summed E-state index contributed by atoms with van der Waals surface area (Å²) in [6.45, 7) is 0.646. The number of benzene rings is 1. The zero-order valence-corrected chi connectivity index (χ0v) is 12.6. The Bertz CT molecular complexity index is 770. The number of hydrogen-bond donors (Lipinski definition) is 0. The van der Waals surface area contributed by atoms with E-state index in [0.29, 0.717) is 12.5 Å². The third kappa shape index (κ3) is 1.94. The van der Waals surface area contributed by atoms with Crippen molar-refractivity contribution in [1.82, 2.24) is 15.2 Å². The molecule has 0 atom stereocenters. The van der Waals surface area contributed by atoms with E-state index in [2.05, 4.69) is 31.1 Å². The normalized spacial score (nSPS) is 13.2. The van der Waals surface area contributed by atoms with E-state index in [1.165, 1.54) is 11.3 Å². The highest BCUT2D eigenvalue weighted by Gasteiger charge is 2.22. The zero-order valence-electron chi connectivity index (χ0n) is 10.2. The van der Waals surface area contributed by atoms with Gasteiger partial charge in [-0.1, -0.05) is 15.9 Å². The smallest absolute Gasteiger partial charge is 0.276 e. The van der Waals surface area contributed by atoms with Gasteiger partial charge in [0, 0.05) is 21.3 Å². The lowest BCUT2D eigenvalue weighted by molar-refractivity contribution is 0.327. The molecule has 5 nitrogen and oxygen atoms in total. The van der Waals surface area contributed by atoms with E-state index in [9.17, 15) is 0 Å². The van der Waals surface area contributed by atoms with Crippen molar-refractivity contribution < 1.29 is 9.15 Å². The van der Waals surface area contributed by atoms with Crippen molar-refractivity contribution in [3.63, 3.8) is 0 Å². The van der Waals surface area contributed by atoms with Gasteiger partial charge in [0.15, 0.2) is 5.01 Å². The van der Waals surface area contributed by atoms with Gasteiger partial charge in [0.2, 0.25) is 6.39 Å². The lowest BCUT2D eigenvalue weighted by atomic mass is 10.1. The average Bonchev–Trinajstić information content (AvgIpc) is 3.07. The van der Waals surface area contributed by atoms with Crippen LogP contribution in [-0.4, -0.2) is 21.8 Å². The summed E-state index contributed by atoms with van der Waals surface area (Å²) in [5.41, 5.74) is 1.94. The minimum atomic E-state index is 0.459. The zero-order chi connectivity index (χ0) is 13.5. The molecule has 20 heavy (non-hydrogen) atoms. The summed E-state index contributed by atoms with van der Waals surface area (Å²) in [5, 5.41) is 8.37. The molecule has 100 valence electrons. The highest BCUT2D eigenvalue weighted by atomic mass is 79.9. The summed E-state index contributed by atoms with van der Waals surface area (Å²) in [5.74, 6) is 1.31. The molecule has 1 aliphatic heterocycles. The van der Waals surface area contributed by atoms with E-state index in [4.69, 9.17) is 9.15 Å². The molecule has 0 unspecified atom stereocenters. The minimum absolute atomic E-state index is 0.459. The van der Waals surface area contributed by atoms with Crippen molar-refractivity contribution in [2.24, 2.45) is 0 Å². The van der Waals surface area contributed by atoms with Gasteiger partial charge in [0.05, 0.1) is 12.3 Å². The van der Waals surface area contributed by atoms with Gasteiger partial charge < -0.3 is 9.15 Å². The molecule has 1 aliphatic rings. The first-order chi connectivity index (χ1) is 9.81. The first-order valence-corrected chi connectivity index (χ1v) is 7.61. The maximum Gasteiger partial charge on any atom is 0.276 e. The fourth-order valence-corrected chi connectivity index (χ4v) is 3.50. The third-order valence-corrected chi connectivity index (χ3v) is 4.62. The van der Waals surface area contributed by atoms with Crippen molar-refractivity contribution in [3.05, 3.63) is 33.9 Å². The fourth-order valence-electron chi connectivity index (χ4n) is 2.16. The van der Waals surface area contributed by atoms with Gasteiger partial charge in [-0.15, -0.1) is 21.5 Å². The number of thiazole rings is 1. The van der Waals surface area contributed by atoms with E-state index in [1.54, 1.807) is 11.3 Å². The Morgan fingerprint density at radius 2 is 2.25 bits per heavy atom. The Labute approximate surface area is 126 Å². The van der Waals surface area contributed by atoms with Crippen LogP contribution in [0.4, 0.5) is 0 Å². The average molecular weight is 350 g/mol. The highest BCUT2D eigenvalue weighted by Crippen LogP contribution is 2.40. The summed E-state index contributed by atoms with van der Waals surface area (Å²) in [4.78, 5) is 5.83.